The summed E-state index contributed by atoms with van der Waals surface area (Å²) in [7, 11) is -2.75. The van der Waals surface area contributed by atoms with Crippen molar-refractivity contribution in [2.45, 2.75) is 95.7 Å². The van der Waals surface area contributed by atoms with E-state index in [4.69, 9.17) is 13.9 Å². The van der Waals surface area contributed by atoms with Crippen molar-refractivity contribution < 1.29 is 23.5 Å². The minimum atomic E-state index is -2.75. The highest BCUT2D eigenvalue weighted by Crippen LogP contribution is 2.38. The van der Waals surface area contributed by atoms with Crippen molar-refractivity contribution >= 4 is 36.9 Å². The van der Waals surface area contributed by atoms with Crippen molar-refractivity contribution in [3.8, 4) is 11.5 Å². The number of urea groups is 1. The van der Waals surface area contributed by atoms with Crippen LogP contribution in [0.15, 0.2) is 109 Å². The van der Waals surface area contributed by atoms with E-state index in [0.29, 0.717) is 24.8 Å². The molecule has 2 amide bonds. The van der Waals surface area contributed by atoms with Crippen LogP contribution in [0.5, 0.6) is 11.5 Å². The first-order chi connectivity index (χ1) is 28.2. The van der Waals surface area contributed by atoms with Crippen LogP contribution in [0.4, 0.5) is 10.5 Å². The van der Waals surface area contributed by atoms with Crippen molar-refractivity contribution in [3.05, 3.63) is 115 Å². The van der Waals surface area contributed by atoms with Crippen molar-refractivity contribution in [2.24, 2.45) is 5.92 Å². The zero-order chi connectivity index (χ0) is 40.6. The number of piperidine rings is 1. The number of benzene rings is 4. The minimum absolute atomic E-state index is 0.0861. The Morgan fingerprint density at radius 2 is 1.43 bits per heavy atom. The molecule has 0 aromatic heterocycles. The summed E-state index contributed by atoms with van der Waals surface area (Å²) in [5.74, 6) is 2.34. The maximum Gasteiger partial charge on any atom is 0.319 e. The smallest absolute Gasteiger partial charge is 0.319 e. The lowest BCUT2D eigenvalue weighted by Crippen LogP contribution is -2.68. The molecule has 2 fully saturated rings. The van der Waals surface area contributed by atoms with Gasteiger partial charge in [-0.15, -0.1) is 0 Å². The van der Waals surface area contributed by atoms with Crippen LogP contribution >= 0.6 is 0 Å². The van der Waals surface area contributed by atoms with Gasteiger partial charge in [-0.25, -0.2) is 4.79 Å². The van der Waals surface area contributed by atoms with Crippen LogP contribution in [-0.4, -0.2) is 77.2 Å². The highest BCUT2D eigenvalue weighted by Gasteiger charge is 2.52. The van der Waals surface area contributed by atoms with Gasteiger partial charge >= 0.3 is 14.3 Å². The average Bonchev–Trinajstić information content (AvgIpc) is 3.77. The van der Waals surface area contributed by atoms with E-state index in [2.05, 4.69) is 110 Å². The lowest BCUT2D eigenvalue weighted by atomic mass is 10.0. The van der Waals surface area contributed by atoms with Crippen molar-refractivity contribution in [1.82, 2.24) is 15.5 Å². The van der Waals surface area contributed by atoms with Crippen LogP contribution in [0, 0.1) is 5.92 Å². The summed E-state index contributed by atoms with van der Waals surface area (Å²) in [4.78, 5) is 26.0. The van der Waals surface area contributed by atoms with Crippen LogP contribution in [0.3, 0.4) is 0 Å². The largest absolute Gasteiger partial charge is 0.534 e. The predicted octanol–water partition coefficient (Wildman–Crippen LogP) is 7.93. The number of hydrogen-bond acceptors (Lipinski definition) is 7. The van der Waals surface area contributed by atoms with Crippen LogP contribution in [0.2, 0.25) is 5.04 Å². The van der Waals surface area contributed by atoms with Gasteiger partial charge in [-0.1, -0.05) is 119 Å². The van der Waals surface area contributed by atoms with E-state index in [1.165, 1.54) is 48.0 Å². The van der Waals surface area contributed by atoms with E-state index in [9.17, 15) is 9.59 Å². The number of ether oxygens (including phenoxy) is 2. The van der Waals surface area contributed by atoms with Crippen molar-refractivity contribution in [3.63, 3.8) is 0 Å². The highest BCUT2D eigenvalue weighted by atomic mass is 28.4. The van der Waals surface area contributed by atoms with E-state index >= 15 is 0 Å². The summed E-state index contributed by atoms with van der Waals surface area (Å²) in [6.07, 6.45) is 10.1. The number of carbonyl (C=O) groups is 2. The highest BCUT2D eigenvalue weighted by molar-refractivity contribution is 7.00. The number of carbonyl (C=O) groups excluding carboxylic acids is 2. The number of rotatable bonds is 20. The van der Waals surface area contributed by atoms with Gasteiger partial charge in [-0.2, -0.15) is 0 Å². The van der Waals surface area contributed by atoms with E-state index < -0.39 is 14.4 Å². The number of likely N-dealkylation sites (tertiary alicyclic amines) is 1. The lowest BCUT2D eigenvalue weighted by Gasteiger charge is -2.43. The van der Waals surface area contributed by atoms with Crippen LogP contribution in [-0.2, 0) is 16.0 Å². The normalized spacial score (nSPS) is 15.7. The van der Waals surface area contributed by atoms with Gasteiger partial charge in [-0.3, -0.25) is 4.79 Å². The SMILES string of the molecule is CC(C)(C)[Si](Oc1ccc(OC[C@H](CNCCc2ccc(NC3CCN(C(=O)NCCCC4CCCC4)CC3)cc2)OC=O)cc1)(c1ccccc1)c1ccccc1. The van der Waals surface area contributed by atoms with Crippen LogP contribution in [0.1, 0.15) is 77.7 Å². The predicted molar refractivity (Wildman–Crippen MR) is 237 cm³/mol. The van der Waals surface area contributed by atoms with E-state index in [0.717, 1.165) is 69.2 Å². The summed E-state index contributed by atoms with van der Waals surface area (Å²) in [6, 6.07) is 38.0. The summed E-state index contributed by atoms with van der Waals surface area (Å²) in [5, 5.41) is 12.5. The average molecular weight is 805 g/mol. The Bertz CT molecular complexity index is 1770. The van der Waals surface area contributed by atoms with Crippen LogP contribution in [0.25, 0.3) is 0 Å². The van der Waals surface area contributed by atoms with E-state index in [1.807, 2.05) is 41.3 Å². The fraction of sp³-hybridized carbons (Fsp3) is 0.458. The molecule has 310 valence electrons. The third-order valence-corrected chi connectivity index (χ3v) is 16.8. The van der Waals surface area contributed by atoms with Gasteiger partial charge in [-0.05, 0) is 102 Å². The maximum absolute atomic E-state index is 12.7. The molecule has 1 heterocycles. The van der Waals surface area contributed by atoms with Gasteiger partial charge < -0.3 is 34.8 Å². The summed E-state index contributed by atoms with van der Waals surface area (Å²) >= 11 is 0. The fourth-order valence-corrected chi connectivity index (χ4v) is 13.0. The number of anilines is 1. The number of nitrogens with one attached hydrogen (secondary N) is 3. The number of hydrogen-bond donors (Lipinski definition) is 3. The third kappa shape index (κ3) is 11.9. The molecule has 1 saturated heterocycles. The molecule has 1 aliphatic heterocycles. The standard InChI is InChI=1S/C48H64N4O5Si/c1-48(2,3)58(45-16-6-4-7-17-45,46-18-8-5-9-19-46)57-43-26-24-42(25-27-43)55-36-44(56-37-53)35-49-32-28-39-20-22-40(23-21-39)51-41-29-33-52(34-30-41)47(54)50-31-12-15-38-13-10-11-14-38/h4-9,16-27,37-38,41,44,49,51H,10-15,28-36H2,1-3H3,(H,50,54)/t44-/m0/s1. The Labute approximate surface area is 347 Å². The van der Waals surface area contributed by atoms with Gasteiger partial charge in [0, 0.05) is 37.9 Å². The zero-order valence-corrected chi connectivity index (χ0v) is 35.8. The molecule has 6 rings (SSSR count). The molecule has 10 heteroatoms. The van der Waals surface area contributed by atoms with Gasteiger partial charge in [0.2, 0.25) is 0 Å². The van der Waals surface area contributed by atoms with Gasteiger partial charge in [0.15, 0.2) is 0 Å². The Kier molecular flexibility index (Phi) is 15.7. The first-order valence-electron chi connectivity index (χ1n) is 21.4. The molecule has 3 N–H and O–H groups in total. The van der Waals surface area contributed by atoms with E-state index in [1.54, 1.807) is 0 Å². The first kappa shape index (κ1) is 42.8. The second-order valence-electron chi connectivity index (χ2n) is 17.0. The fourth-order valence-electron chi connectivity index (χ4n) is 8.57. The number of amides is 2. The second kappa shape index (κ2) is 21.3. The molecule has 0 spiro atoms. The molecule has 0 unspecified atom stereocenters. The zero-order valence-electron chi connectivity index (χ0n) is 34.8. The maximum atomic E-state index is 12.7. The van der Waals surface area contributed by atoms with Crippen molar-refractivity contribution in [1.29, 1.82) is 0 Å². The molecule has 2 aliphatic rings. The Hall–Kier alpha value is -4.80. The molecule has 4 aromatic rings. The molecule has 4 aromatic carbocycles. The van der Waals surface area contributed by atoms with Gasteiger partial charge in [0.25, 0.3) is 6.47 Å². The summed E-state index contributed by atoms with van der Waals surface area (Å²) in [5.41, 5.74) is 2.33. The molecule has 58 heavy (non-hydrogen) atoms. The lowest BCUT2D eigenvalue weighted by molar-refractivity contribution is -0.134. The molecule has 0 bridgehead atoms. The summed E-state index contributed by atoms with van der Waals surface area (Å²) < 4.78 is 18.6. The Morgan fingerprint density at radius 1 is 0.810 bits per heavy atom. The molecular formula is C48H64N4O5Si. The molecule has 1 aliphatic carbocycles. The molecule has 1 saturated carbocycles. The third-order valence-electron chi connectivity index (χ3n) is 11.8. The quantitative estimate of drug-likeness (QED) is 0.0474. The minimum Gasteiger partial charge on any atom is -0.534 e. The van der Waals surface area contributed by atoms with Gasteiger partial charge in [0.05, 0.1) is 0 Å². The first-order valence-corrected chi connectivity index (χ1v) is 23.4. The monoisotopic (exact) mass is 804 g/mol. The molecule has 0 radical (unpaired) electrons. The Morgan fingerprint density at radius 3 is 2.03 bits per heavy atom. The Balaban J connectivity index is 0.907. The number of nitrogens with zero attached hydrogens (tertiary/aromatic N) is 1. The van der Waals surface area contributed by atoms with Gasteiger partial charge in [0.1, 0.15) is 24.2 Å². The molecule has 9 nitrogen and oxygen atoms in total. The van der Waals surface area contributed by atoms with Crippen molar-refractivity contribution in [2.75, 3.05) is 44.6 Å². The van der Waals surface area contributed by atoms with E-state index in [-0.39, 0.29) is 17.7 Å². The second-order valence-corrected chi connectivity index (χ2v) is 21.2. The topological polar surface area (TPSA) is 101 Å². The summed E-state index contributed by atoms with van der Waals surface area (Å²) in [6.45, 7) is 11.1. The van der Waals surface area contributed by atoms with Crippen LogP contribution < -0.4 is 35.5 Å². The molecular weight excluding hydrogens is 741 g/mol. The molecule has 1 atom stereocenters.